The number of nitrogens with zero attached hydrogens (tertiary/aromatic N) is 5. The first-order valence-corrected chi connectivity index (χ1v) is 10.7. The second-order valence-electron chi connectivity index (χ2n) is 7.98. The lowest BCUT2D eigenvalue weighted by molar-refractivity contribution is -0.128. The van der Waals surface area contributed by atoms with Crippen LogP contribution in [0.5, 0.6) is 0 Å². The Labute approximate surface area is 185 Å². The zero-order valence-electron chi connectivity index (χ0n) is 17.7. The minimum absolute atomic E-state index is 0.247. The smallest absolute Gasteiger partial charge is 0.307 e. The molecule has 3 amide bonds. The number of tetrazole rings is 1. The molecule has 0 spiro atoms. The van der Waals surface area contributed by atoms with Crippen molar-refractivity contribution in [3.63, 3.8) is 0 Å². The molecular weight excluding hydrogens is 408 g/mol. The van der Waals surface area contributed by atoms with Crippen molar-refractivity contribution in [2.45, 2.75) is 32.1 Å². The number of fused-ring (bicyclic) bond motifs is 1. The second-order valence-corrected chi connectivity index (χ2v) is 7.98. The number of benzene rings is 2. The van der Waals surface area contributed by atoms with Crippen molar-refractivity contribution in [3.8, 4) is 22.5 Å². The fourth-order valence-electron chi connectivity index (χ4n) is 4.46. The van der Waals surface area contributed by atoms with E-state index in [0.29, 0.717) is 25.6 Å². The Bertz CT molecular complexity index is 1120. The van der Waals surface area contributed by atoms with Crippen molar-refractivity contribution < 1.29 is 9.59 Å². The van der Waals surface area contributed by atoms with Crippen molar-refractivity contribution in [1.82, 2.24) is 41.1 Å². The van der Waals surface area contributed by atoms with E-state index in [1.807, 2.05) is 31.2 Å². The van der Waals surface area contributed by atoms with Crippen LogP contribution in [0.15, 0.2) is 48.5 Å². The van der Waals surface area contributed by atoms with E-state index in [9.17, 15) is 9.59 Å². The molecule has 0 radical (unpaired) electrons. The number of rotatable bonds is 6. The predicted molar refractivity (Wildman–Crippen MR) is 117 cm³/mol. The van der Waals surface area contributed by atoms with Crippen LogP contribution in [0.4, 0.5) is 4.79 Å². The highest BCUT2D eigenvalue weighted by Gasteiger charge is 2.47. The van der Waals surface area contributed by atoms with Crippen LogP contribution in [0.25, 0.3) is 22.5 Å². The maximum atomic E-state index is 12.6. The second kappa shape index (κ2) is 8.48. The molecule has 2 saturated heterocycles. The van der Waals surface area contributed by atoms with Gasteiger partial charge in [-0.15, -0.1) is 5.10 Å². The van der Waals surface area contributed by atoms with Crippen LogP contribution in [0.2, 0.25) is 0 Å². The molecule has 1 aromatic heterocycles. The Morgan fingerprint density at radius 2 is 1.84 bits per heavy atom. The summed E-state index contributed by atoms with van der Waals surface area (Å²) in [7, 11) is 0. The number of hydrogen-bond donors (Lipinski definition) is 3. The number of H-pyrrole nitrogens is 1. The zero-order valence-corrected chi connectivity index (χ0v) is 17.7. The standard InChI is InChI=1S/C22H24N8O2/c1-2-11-30-20-18(21(31)24-22(30)32)29(13-23-20)12-14-7-9-15(10-8-14)16-5-3-4-6-17(16)19-25-27-28-26-19/h3-10,18,20,23H,2,11-13H2,1H3,(H,24,31,32)(H,25,26,27,28). The fraction of sp³-hybridized carbons (Fsp3) is 0.318. The first kappa shape index (κ1) is 20.3. The van der Waals surface area contributed by atoms with Gasteiger partial charge in [0.25, 0.3) is 0 Å². The van der Waals surface area contributed by atoms with Crippen LogP contribution in [0.1, 0.15) is 18.9 Å². The van der Waals surface area contributed by atoms with Gasteiger partial charge in [-0.1, -0.05) is 55.5 Å². The zero-order chi connectivity index (χ0) is 22.1. The monoisotopic (exact) mass is 432 g/mol. The van der Waals surface area contributed by atoms with Crippen molar-refractivity contribution >= 4 is 11.9 Å². The molecule has 2 aromatic carbocycles. The van der Waals surface area contributed by atoms with Gasteiger partial charge < -0.3 is 4.90 Å². The molecule has 0 bridgehead atoms. The minimum Gasteiger partial charge on any atom is -0.307 e. The number of aromatic nitrogens is 4. The van der Waals surface area contributed by atoms with Gasteiger partial charge in [0.05, 0.1) is 6.67 Å². The summed E-state index contributed by atoms with van der Waals surface area (Å²) in [5, 5.41) is 20.0. The molecule has 3 heterocycles. The molecule has 2 fully saturated rings. The number of nitrogens with one attached hydrogen (secondary N) is 3. The van der Waals surface area contributed by atoms with Crippen molar-refractivity contribution in [3.05, 3.63) is 54.1 Å². The molecule has 10 heteroatoms. The number of urea groups is 1. The molecule has 2 aliphatic rings. The molecule has 0 aliphatic carbocycles. The highest BCUT2D eigenvalue weighted by molar-refractivity contribution is 6.00. The summed E-state index contributed by atoms with van der Waals surface area (Å²) in [6, 6.07) is 15.5. The SMILES string of the molecule is CCCN1C(=O)NC(=O)C2C1NCN2Cc1ccc(-c2ccccc2-c2nnn[nH]2)cc1. The highest BCUT2D eigenvalue weighted by atomic mass is 16.2. The van der Waals surface area contributed by atoms with Gasteiger partial charge in [0.15, 0.2) is 5.82 Å². The normalized spacial score (nSPS) is 21.0. The van der Waals surface area contributed by atoms with Crippen molar-refractivity contribution in [2.75, 3.05) is 13.2 Å². The first-order valence-electron chi connectivity index (χ1n) is 10.7. The average Bonchev–Trinajstić information content (AvgIpc) is 3.48. The first-order chi connectivity index (χ1) is 15.7. The summed E-state index contributed by atoms with van der Waals surface area (Å²) in [5.41, 5.74) is 4.09. The predicted octanol–water partition coefficient (Wildman–Crippen LogP) is 1.55. The summed E-state index contributed by atoms with van der Waals surface area (Å²) in [5.74, 6) is 0.372. The van der Waals surface area contributed by atoms with Gasteiger partial charge in [-0.2, -0.15) is 0 Å². The third-order valence-electron chi connectivity index (χ3n) is 5.93. The summed E-state index contributed by atoms with van der Waals surface area (Å²) in [4.78, 5) is 28.6. The van der Waals surface area contributed by atoms with E-state index in [-0.39, 0.29) is 18.1 Å². The van der Waals surface area contributed by atoms with Crippen molar-refractivity contribution in [2.24, 2.45) is 0 Å². The molecular formula is C22H24N8O2. The maximum Gasteiger partial charge on any atom is 0.325 e. The van der Waals surface area contributed by atoms with Gasteiger partial charge in [-0.05, 0) is 33.5 Å². The fourth-order valence-corrected chi connectivity index (χ4v) is 4.46. The summed E-state index contributed by atoms with van der Waals surface area (Å²) < 4.78 is 0. The van der Waals surface area contributed by atoms with Gasteiger partial charge in [-0.25, -0.2) is 9.89 Å². The molecule has 0 saturated carbocycles. The molecule has 3 aromatic rings. The third kappa shape index (κ3) is 3.63. The van der Waals surface area contributed by atoms with Crippen LogP contribution in [-0.2, 0) is 11.3 Å². The van der Waals surface area contributed by atoms with E-state index in [1.54, 1.807) is 4.90 Å². The Morgan fingerprint density at radius 3 is 2.56 bits per heavy atom. The lowest BCUT2D eigenvalue weighted by Crippen LogP contribution is -2.66. The Morgan fingerprint density at radius 1 is 1.06 bits per heavy atom. The Balaban J connectivity index is 1.34. The lowest BCUT2D eigenvalue weighted by atomic mass is 9.98. The van der Waals surface area contributed by atoms with Crippen LogP contribution in [-0.4, -0.2) is 67.8 Å². The Hall–Kier alpha value is -3.63. The topological polar surface area (TPSA) is 119 Å². The number of amides is 3. The van der Waals surface area contributed by atoms with E-state index >= 15 is 0 Å². The van der Waals surface area contributed by atoms with Gasteiger partial charge >= 0.3 is 6.03 Å². The van der Waals surface area contributed by atoms with Crippen molar-refractivity contribution in [1.29, 1.82) is 0 Å². The van der Waals surface area contributed by atoms with Crippen LogP contribution < -0.4 is 10.6 Å². The van der Waals surface area contributed by atoms with E-state index in [1.165, 1.54) is 0 Å². The maximum absolute atomic E-state index is 12.6. The van der Waals surface area contributed by atoms with Gasteiger partial charge in [-0.3, -0.25) is 20.3 Å². The van der Waals surface area contributed by atoms with E-state index in [4.69, 9.17) is 0 Å². The molecule has 2 unspecified atom stereocenters. The van der Waals surface area contributed by atoms with Crippen LogP contribution in [0.3, 0.4) is 0 Å². The molecule has 2 aliphatic heterocycles. The minimum atomic E-state index is -0.404. The van der Waals surface area contributed by atoms with E-state index in [2.05, 4.69) is 60.4 Å². The van der Waals surface area contributed by atoms with Crippen LogP contribution in [0, 0.1) is 0 Å². The quantitative estimate of drug-likeness (QED) is 0.541. The summed E-state index contributed by atoms with van der Waals surface area (Å²) >= 11 is 0. The molecule has 164 valence electrons. The molecule has 3 N–H and O–H groups in total. The lowest BCUT2D eigenvalue weighted by Gasteiger charge is -2.38. The summed E-state index contributed by atoms with van der Waals surface area (Å²) in [6.07, 6.45) is 0.539. The van der Waals surface area contributed by atoms with Crippen LogP contribution >= 0.6 is 0 Å². The van der Waals surface area contributed by atoms with Gasteiger partial charge in [0, 0.05) is 18.7 Å². The largest absolute Gasteiger partial charge is 0.325 e. The number of aromatic amines is 1. The van der Waals surface area contributed by atoms with E-state index < -0.39 is 6.04 Å². The number of hydrogen-bond acceptors (Lipinski definition) is 7. The highest BCUT2D eigenvalue weighted by Crippen LogP contribution is 2.30. The Kier molecular flexibility index (Phi) is 5.38. The molecule has 2 atom stereocenters. The summed E-state index contributed by atoms with van der Waals surface area (Å²) in [6.45, 7) is 3.77. The molecule has 32 heavy (non-hydrogen) atoms. The number of carbonyl (C=O) groups is 2. The van der Waals surface area contributed by atoms with Gasteiger partial charge in [0.1, 0.15) is 12.2 Å². The molecule has 10 nitrogen and oxygen atoms in total. The van der Waals surface area contributed by atoms with Gasteiger partial charge in [0.2, 0.25) is 5.91 Å². The van der Waals surface area contributed by atoms with E-state index in [0.717, 1.165) is 28.7 Å². The average molecular weight is 432 g/mol. The molecule has 5 rings (SSSR count). The number of imide groups is 1. The third-order valence-corrected chi connectivity index (χ3v) is 5.93. The number of carbonyl (C=O) groups excluding carboxylic acids is 2.